The fourth-order valence-corrected chi connectivity index (χ4v) is 3.72. The fraction of sp³-hybridized carbons (Fsp3) is 0.182. The number of fused-ring (bicyclic) bond motifs is 1. The van der Waals surface area contributed by atoms with Crippen LogP contribution in [0.2, 0.25) is 10.0 Å². The SMILES string of the molecule is C=CC(=O)NCc1ccc(C(=O)/C=C(/c2cc(Cl)c(F)c(Cl)c2)C(F)(F)F)c2c1OCC2. The summed E-state index contributed by atoms with van der Waals surface area (Å²) in [4.78, 5) is 24.2. The van der Waals surface area contributed by atoms with E-state index >= 15 is 0 Å². The Kier molecular flexibility index (Phi) is 6.95. The molecule has 1 aliphatic rings. The number of benzene rings is 2. The fourth-order valence-electron chi connectivity index (χ4n) is 3.23. The maximum Gasteiger partial charge on any atom is 0.417 e. The molecule has 0 spiro atoms. The average Bonchev–Trinajstić information content (AvgIpc) is 3.22. The molecule has 10 heteroatoms. The number of carbonyl (C=O) groups is 2. The summed E-state index contributed by atoms with van der Waals surface area (Å²) in [5.74, 6) is -2.04. The van der Waals surface area contributed by atoms with Gasteiger partial charge >= 0.3 is 6.18 Å². The van der Waals surface area contributed by atoms with Crippen LogP contribution in [0.15, 0.2) is 43.0 Å². The molecule has 0 bridgehead atoms. The molecule has 1 N–H and O–H groups in total. The Hall–Kier alpha value is -2.84. The molecule has 1 aliphatic heterocycles. The third-order valence-electron chi connectivity index (χ3n) is 4.72. The highest BCUT2D eigenvalue weighted by atomic mass is 35.5. The lowest BCUT2D eigenvalue weighted by molar-refractivity contribution is -0.116. The lowest BCUT2D eigenvalue weighted by Gasteiger charge is -2.14. The summed E-state index contributed by atoms with van der Waals surface area (Å²) in [5, 5.41) is 1.37. The van der Waals surface area contributed by atoms with Crippen molar-refractivity contribution in [3.63, 3.8) is 0 Å². The van der Waals surface area contributed by atoms with Crippen molar-refractivity contribution in [3.05, 3.63) is 81.1 Å². The Morgan fingerprint density at radius 3 is 2.44 bits per heavy atom. The van der Waals surface area contributed by atoms with Gasteiger partial charge in [-0.15, -0.1) is 0 Å². The number of amides is 1. The van der Waals surface area contributed by atoms with Crippen molar-refractivity contribution in [2.45, 2.75) is 19.1 Å². The zero-order chi connectivity index (χ0) is 23.6. The predicted octanol–water partition coefficient (Wildman–Crippen LogP) is 5.70. The van der Waals surface area contributed by atoms with E-state index in [0.717, 1.165) is 18.2 Å². The molecule has 4 nitrogen and oxygen atoms in total. The normalized spacial score (nSPS) is 13.4. The Labute approximate surface area is 190 Å². The third-order valence-corrected chi connectivity index (χ3v) is 5.27. The number of nitrogens with one attached hydrogen (secondary N) is 1. The molecule has 1 heterocycles. The van der Waals surface area contributed by atoms with E-state index in [-0.39, 0.29) is 18.7 Å². The number of carbonyl (C=O) groups excluding carboxylic acids is 2. The van der Waals surface area contributed by atoms with E-state index in [1.807, 2.05) is 0 Å². The van der Waals surface area contributed by atoms with E-state index in [2.05, 4.69) is 11.9 Å². The van der Waals surface area contributed by atoms with Crippen LogP contribution >= 0.6 is 23.2 Å². The molecular formula is C22H15Cl2F4NO3. The molecule has 0 atom stereocenters. The molecule has 0 aromatic heterocycles. The van der Waals surface area contributed by atoms with Gasteiger partial charge in [0.05, 0.1) is 22.2 Å². The zero-order valence-corrected chi connectivity index (χ0v) is 17.8. The standard InChI is InChI=1S/C22H15Cl2F4NO3/c1-2-19(31)29-10-11-3-4-13(14-5-6-32-21(11)14)18(30)9-15(22(26,27)28)12-7-16(23)20(25)17(24)8-12/h2-4,7-9H,1,5-6,10H2,(H,29,31)/b15-9-. The van der Waals surface area contributed by atoms with Crippen molar-refractivity contribution < 1.29 is 31.9 Å². The number of hydrogen-bond donors (Lipinski definition) is 1. The highest BCUT2D eigenvalue weighted by Gasteiger charge is 2.36. The van der Waals surface area contributed by atoms with Gasteiger partial charge in [0.1, 0.15) is 5.75 Å². The van der Waals surface area contributed by atoms with Gasteiger partial charge in [-0.2, -0.15) is 13.2 Å². The summed E-state index contributed by atoms with van der Waals surface area (Å²) in [7, 11) is 0. The maximum absolute atomic E-state index is 13.7. The molecule has 0 fully saturated rings. The van der Waals surface area contributed by atoms with Gasteiger partial charge in [-0.3, -0.25) is 9.59 Å². The van der Waals surface area contributed by atoms with Gasteiger partial charge in [-0.25, -0.2) is 4.39 Å². The van der Waals surface area contributed by atoms with Crippen molar-refractivity contribution in [2.75, 3.05) is 6.61 Å². The zero-order valence-electron chi connectivity index (χ0n) is 16.3. The Morgan fingerprint density at radius 1 is 1.19 bits per heavy atom. The van der Waals surface area contributed by atoms with Gasteiger partial charge < -0.3 is 10.1 Å². The highest BCUT2D eigenvalue weighted by Crippen LogP contribution is 2.39. The van der Waals surface area contributed by atoms with E-state index in [1.165, 1.54) is 12.1 Å². The van der Waals surface area contributed by atoms with Crippen LogP contribution in [-0.2, 0) is 17.8 Å². The molecule has 0 radical (unpaired) electrons. The van der Waals surface area contributed by atoms with Crippen molar-refractivity contribution in [2.24, 2.45) is 0 Å². The quantitative estimate of drug-likeness (QED) is 0.246. The van der Waals surface area contributed by atoms with Crippen LogP contribution in [0.25, 0.3) is 5.57 Å². The van der Waals surface area contributed by atoms with E-state index in [1.54, 1.807) is 0 Å². The van der Waals surface area contributed by atoms with Crippen molar-refractivity contribution in [3.8, 4) is 5.75 Å². The monoisotopic (exact) mass is 487 g/mol. The number of hydrogen-bond acceptors (Lipinski definition) is 3. The number of rotatable bonds is 6. The summed E-state index contributed by atoms with van der Waals surface area (Å²) >= 11 is 11.3. The van der Waals surface area contributed by atoms with Gasteiger partial charge in [-0.1, -0.05) is 41.9 Å². The molecule has 2 aromatic carbocycles. The molecule has 0 unspecified atom stereocenters. The molecule has 32 heavy (non-hydrogen) atoms. The summed E-state index contributed by atoms with van der Waals surface area (Å²) in [6, 6.07) is 4.39. The second-order valence-corrected chi connectivity index (χ2v) is 7.59. The summed E-state index contributed by atoms with van der Waals surface area (Å²) < 4.78 is 60.3. The Morgan fingerprint density at radius 2 is 1.84 bits per heavy atom. The van der Waals surface area contributed by atoms with E-state index in [0.29, 0.717) is 29.4 Å². The predicted molar refractivity (Wildman–Crippen MR) is 112 cm³/mol. The van der Waals surface area contributed by atoms with Crippen molar-refractivity contribution in [1.82, 2.24) is 5.32 Å². The minimum absolute atomic E-state index is 0.0253. The number of halogens is 6. The molecule has 0 saturated carbocycles. The molecular weight excluding hydrogens is 473 g/mol. The molecule has 2 aromatic rings. The highest BCUT2D eigenvalue weighted by molar-refractivity contribution is 6.35. The van der Waals surface area contributed by atoms with Gasteiger partial charge in [0.15, 0.2) is 11.6 Å². The van der Waals surface area contributed by atoms with Crippen molar-refractivity contribution >= 4 is 40.5 Å². The van der Waals surface area contributed by atoms with Crippen LogP contribution in [0.3, 0.4) is 0 Å². The molecule has 3 rings (SSSR count). The lowest BCUT2D eigenvalue weighted by Crippen LogP contribution is -2.20. The average molecular weight is 488 g/mol. The number of ketones is 1. The number of ether oxygens (including phenoxy) is 1. The molecule has 0 saturated heterocycles. The van der Waals surface area contributed by atoms with E-state index in [9.17, 15) is 27.2 Å². The molecule has 1 amide bonds. The van der Waals surface area contributed by atoms with Crippen LogP contribution in [0.5, 0.6) is 5.75 Å². The van der Waals surface area contributed by atoms with Gasteiger partial charge in [-0.05, 0) is 29.8 Å². The smallest absolute Gasteiger partial charge is 0.417 e. The van der Waals surface area contributed by atoms with E-state index < -0.39 is 44.9 Å². The third kappa shape index (κ3) is 4.97. The van der Waals surface area contributed by atoms with Crippen LogP contribution < -0.4 is 10.1 Å². The number of alkyl halides is 3. The van der Waals surface area contributed by atoms with Crippen molar-refractivity contribution in [1.29, 1.82) is 0 Å². The minimum Gasteiger partial charge on any atom is -0.493 e. The first-order valence-corrected chi connectivity index (χ1v) is 9.94. The van der Waals surface area contributed by atoms with Crippen LogP contribution in [0.4, 0.5) is 17.6 Å². The van der Waals surface area contributed by atoms with Gasteiger partial charge in [0, 0.05) is 29.7 Å². The first-order chi connectivity index (χ1) is 15.0. The number of allylic oxidation sites excluding steroid dienone is 2. The summed E-state index contributed by atoms with van der Waals surface area (Å²) in [6.07, 6.45) is -3.11. The molecule has 0 aliphatic carbocycles. The summed E-state index contributed by atoms with van der Waals surface area (Å²) in [5.41, 5.74) is -0.827. The Bertz CT molecular complexity index is 1120. The topological polar surface area (TPSA) is 55.4 Å². The summed E-state index contributed by atoms with van der Waals surface area (Å²) in [6.45, 7) is 3.68. The lowest BCUT2D eigenvalue weighted by atomic mass is 9.95. The molecule has 168 valence electrons. The van der Waals surface area contributed by atoms with Crippen LogP contribution in [0.1, 0.15) is 27.0 Å². The minimum atomic E-state index is -4.94. The second-order valence-electron chi connectivity index (χ2n) is 6.77. The second kappa shape index (κ2) is 9.34. The maximum atomic E-state index is 13.7. The Balaban J connectivity index is 2.02. The van der Waals surface area contributed by atoms with Crippen LogP contribution in [-0.4, -0.2) is 24.5 Å². The van der Waals surface area contributed by atoms with E-state index in [4.69, 9.17) is 27.9 Å². The first kappa shape index (κ1) is 23.8. The van der Waals surface area contributed by atoms with Gasteiger partial charge in [0.2, 0.25) is 5.91 Å². The van der Waals surface area contributed by atoms with Gasteiger partial charge in [0.25, 0.3) is 0 Å². The largest absolute Gasteiger partial charge is 0.493 e. The first-order valence-electron chi connectivity index (χ1n) is 9.19. The van der Waals surface area contributed by atoms with Crippen LogP contribution in [0, 0.1) is 5.82 Å².